The molecular formula is C18H17FO. The number of halogens is 1. The Balaban J connectivity index is 2.40. The zero-order valence-corrected chi connectivity index (χ0v) is 11.7. The average Bonchev–Trinajstić information content (AvgIpc) is 2.46. The lowest BCUT2D eigenvalue weighted by atomic mass is 9.95. The van der Waals surface area contributed by atoms with Crippen LogP contribution in [0.1, 0.15) is 40.4 Å². The molecule has 0 bridgehead atoms. The predicted octanol–water partition coefficient (Wildman–Crippen LogP) is 4.79. The molecule has 0 aromatic heterocycles. The number of hydrogen-bond donors (Lipinski definition) is 0. The van der Waals surface area contributed by atoms with Gasteiger partial charge < -0.3 is 0 Å². The Morgan fingerprint density at radius 2 is 1.85 bits per heavy atom. The van der Waals surface area contributed by atoms with E-state index in [9.17, 15) is 9.18 Å². The van der Waals surface area contributed by atoms with Crippen molar-refractivity contribution in [1.82, 2.24) is 0 Å². The minimum Gasteiger partial charge on any atom is -0.289 e. The van der Waals surface area contributed by atoms with Crippen LogP contribution in [0.3, 0.4) is 0 Å². The third kappa shape index (κ3) is 3.02. The van der Waals surface area contributed by atoms with Gasteiger partial charge in [0.2, 0.25) is 0 Å². The van der Waals surface area contributed by atoms with E-state index in [1.54, 1.807) is 0 Å². The number of benzene rings is 2. The third-order valence-electron chi connectivity index (χ3n) is 3.26. The number of ketones is 1. The Bertz CT molecular complexity index is 639. The Hall–Kier alpha value is -2.22. The Labute approximate surface area is 118 Å². The van der Waals surface area contributed by atoms with E-state index in [1.165, 1.54) is 24.3 Å². The van der Waals surface area contributed by atoms with E-state index in [0.717, 1.165) is 17.5 Å². The molecule has 0 fully saturated rings. The molecule has 0 spiro atoms. The SMILES string of the molecule is CCC=Cc1cccc(C(=O)c2ccc(F)cc2)c1C. The summed E-state index contributed by atoms with van der Waals surface area (Å²) in [4.78, 5) is 12.5. The molecule has 0 saturated carbocycles. The number of carbonyl (C=O) groups is 1. The van der Waals surface area contributed by atoms with Crippen molar-refractivity contribution < 1.29 is 9.18 Å². The summed E-state index contributed by atoms with van der Waals surface area (Å²) >= 11 is 0. The highest BCUT2D eigenvalue weighted by molar-refractivity contribution is 6.10. The molecule has 0 aliphatic rings. The highest BCUT2D eigenvalue weighted by Crippen LogP contribution is 2.19. The van der Waals surface area contributed by atoms with Crippen molar-refractivity contribution >= 4 is 11.9 Å². The van der Waals surface area contributed by atoms with Gasteiger partial charge in [-0.2, -0.15) is 0 Å². The summed E-state index contributed by atoms with van der Waals surface area (Å²) < 4.78 is 12.9. The molecule has 2 rings (SSSR count). The fourth-order valence-corrected chi connectivity index (χ4v) is 2.08. The van der Waals surface area contributed by atoms with Gasteiger partial charge in [-0.1, -0.05) is 37.3 Å². The van der Waals surface area contributed by atoms with E-state index in [0.29, 0.717) is 11.1 Å². The molecule has 102 valence electrons. The third-order valence-corrected chi connectivity index (χ3v) is 3.26. The maximum atomic E-state index is 12.9. The highest BCUT2D eigenvalue weighted by atomic mass is 19.1. The zero-order chi connectivity index (χ0) is 14.5. The highest BCUT2D eigenvalue weighted by Gasteiger charge is 2.12. The van der Waals surface area contributed by atoms with E-state index < -0.39 is 0 Å². The van der Waals surface area contributed by atoms with Gasteiger partial charge in [0.25, 0.3) is 0 Å². The molecule has 2 aromatic rings. The van der Waals surface area contributed by atoms with Gasteiger partial charge in [0.15, 0.2) is 5.78 Å². The lowest BCUT2D eigenvalue weighted by Gasteiger charge is -2.08. The summed E-state index contributed by atoms with van der Waals surface area (Å²) in [6.07, 6.45) is 5.04. The Morgan fingerprint density at radius 1 is 1.15 bits per heavy atom. The molecule has 0 atom stereocenters. The number of hydrogen-bond acceptors (Lipinski definition) is 1. The molecule has 2 heteroatoms. The minimum atomic E-state index is -0.335. The van der Waals surface area contributed by atoms with Crippen LogP contribution in [-0.2, 0) is 0 Å². The Morgan fingerprint density at radius 3 is 2.50 bits per heavy atom. The first kappa shape index (κ1) is 14.2. The van der Waals surface area contributed by atoms with E-state index in [-0.39, 0.29) is 11.6 Å². The Kier molecular flexibility index (Phi) is 4.46. The largest absolute Gasteiger partial charge is 0.289 e. The average molecular weight is 268 g/mol. The molecule has 1 nitrogen and oxygen atoms in total. The molecule has 0 N–H and O–H groups in total. The van der Waals surface area contributed by atoms with Crippen LogP contribution in [0.25, 0.3) is 6.08 Å². The molecule has 0 aliphatic carbocycles. The van der Waals surface area contributed by atoms with Gasteiger partial charge >= 0.3 is 0 Å². The van der Waals surface area contributed by atoms with Gasteiger partial charge in [-0.3, -0.25) is 4.79 Å². The summed E-state index contributed by atoms with van der Waals surface area (Å²) in [6, 6.07) is 11.3. The number of rotatable bonds is 4. The van der Waals surface area contributed by atoms with Crippen LogP contribution in [-0.4, -0.2) is 5.78 Å². The summed E-state index contributed by atoms with van der Waals surface area (Å²) in [5.41, 5.74) is 3.16. The van der Waals surface area contributed by atoms with Gasteiger partial charge in [-0.05, 0) is 48.7 Å². The topological polar surface area (TPSA) is 17.1 Å². The van der Waals surface area contributed by atoms with E-state index in [2.05, 4.69) is 13.0 Å². The van der Waals surface area contributed by atoms with Crippen LogP contribution in [0.4, 0.5) is 4.39 Å². The maximum absolute atomic E-state index is 12.9. The van der Waals surface area contributed by atoms with Crippen molar-refractivity contribution in [3.05, 3.63) is 76.6 Å². The summed E-state index contributed by atoms with van der Waals surface area (Å²) in [5, 5.41) is 0. The van der Waals surface area contributed by atoms with Gasteiger partial charge in [0, 0.05) is 11.1 Å². The normalized spacial score (nSPS) is 10.9. The van der Waals surface area contributed by atoms with Crippen molar-refractivity contribution in [2.75, 3.05) is 0 Å². The number of allylic oxidation sites excluding steroid dienone is 1. The molecule has 2 aromatic carbocycles. The van der Waals surface area contributed by atoms with Gasteiger partial charge in [0.05, 0.1) is 0 Å². The molecule has 0 radical (unpaired) electrons. The molecule has 20 heavy (non-hydrogen) atoms. The molecular weight excluding hydrogens is 251 g/mol. The lowest BCUT2D eigenvalue weighted by molar-refractivity contribution is 0.103. The lowest BCUT2D eigenvalue weighted by Crippen LogP contribution is -2.04. The van der Waals surface area contributed by atoms with Crippen molar-refractivity contribution in [2.45, 2.75) is 20.3 Å². The van der Waals surface area contributed by atoms with Crippen LogP contribution in [0.15, 0.2) is 48.5 Å². The van der Waals surface area contributed by atoms with Gasteiger partial charge in [-0.15, -0.1) is 0 Å². The first-order chi connectivity index (χ1) is 9.63. The summed E-state index contributed by atoms with van der Waals surface area (Å²) in [6.45, 7) is 4.01. The van der Waals surface area contributed by atoms with E-state index >= 15 is 0 Å². The first-order valence-electron chi connectivity index (χ1n) is 6.70. The molecule has 0 heterocycles. The fraction of sp³-hybridized carbons (Fsp3) is 0.167. The predicted molar refractivity (Wildman–Crippen MR) is 80.3 cm³/mol. The second-order valence-electron chi connectivity index (χ2n) is 4.67. The van der Waals surface area contributed by atoms with Crippen LogP contribution in [0.5, 0.6) is 0 Å². The van der Waals surface area contributed by atoms with Gasteiger partial charge in [-0.25, -0.2) is 4.39 Å². The van der Waals surface area contributed by atoms with Crippen LogP contribution >= 0.6 is 0 Å². The van der Waals surface area contributed by atoms with Crippen molar-refractivity contribution in [2.24, 2.45) is 0 Å². The van der Waals surface area contributed by atoms with Crippen molar-refractivity contribution in [1.29, 1.82) is 0 Å². The van der Waals surface area contributed by atoms with E-state index in [1.807, 2.05) is 31.2 Å². The van der Waals surface area contributed by atoms with Crippen LogP contribution in [0, 0.1) is 12.7 Å². The van der Waals surface area contributed by atoms with E-state index in [4.69, 9.17) is 0 Å². The van der Waals surface area contributed by atoms with Crippen LogP contribution in [0.2, 0.25) is 0 Å². The fourth-order valence-electron chi connectivity index (χ4n) is 2.08. The smallest absolute Gasteiger partial charge is 0.193 e. The monoisotopic (exact) mass is 268 g/mol. The van der Waals surface area contributed by atoms with Crippen LogP contribution < -0.4 is 0 Å². The second-order valence-corrected chi connectivity index (χ2v) is 4.67. The molecule has 0 unspecified atom stereocenters. The second kappa shape index (κ2) is 6.29. The van der Waals surface area contributed by atoms with Crippen molar-refractivity contribution in [3.63, 3.8) is 0 Å². The molecule has 0 aliphatic heterocycles. The maximum Gasteiger partial charge on any atom is 0.193 e. The quantitative estimate of drug-likeness (QED) is 0.729. The molecule has 0 amide bonds. The standard InChI is InChI=1S/C18H17FO/c1-3-4-6-14-7-5-8-17(13(14)2)18(20)15-9-11-16(19)12-10-15/h4-12H,3H2,1-2H3. The summed E-state index contributed by atoms with van der Waals surface area (Å²) in [5.74, 6) is -0.410. The molecule has 0 saturated heterocycles. The summed E-state index contributed by atoms with van der Waals surface area (Å²) in [7, 11) is 0. The van der Waals surface area contributed by atoms with Gasteiger partial charge in [0.1, 0.15) is 5.82 Å². The minimum absolute atomic E-state index is 0.0748. The first-order valence-corrected chi connectivity index (χ1v) is 6.70. The number of carbonyl (C=O) groups excluding carboxylic acids is 1. The van der Waals surface area contributed by atoms with Crippen molar-refractivity contribution in [3.8, 4) is 0 Å². The zero-order valence-electron chi connectivity index (χ0n) is 11.7.